The SMILES string of the molecule is O=C(O)c1cccc(CS(=O)c2ccc(Cl)c(Cl)c2)n1. The predicted molar refractivity (Wildman–Crippen MR) is 77.8 cm³/mol. The number of nitrogens with zero attached hydrogens (tertiary/aromatic N) is 1. The van der Waals surface area contributed by atoms with E-state index in [0.29, 0.717) is 20.6 Å². The highest BCUT2D eigenvalue weighted by molar-refractivity contribution is 7.84. The van der Waals surface area contributed by atoms with Crippen LogP contribution in [0.2, 0.25) is 10.0 Å². The molecule has 0 amide bonds. The van der Waals surface area contributed by atoms with Gasteiger partial charge in [0.2, 0.25) is 0 Å². The summed E-state index contributed by atoms with van der Waals surface area (Å²) in [6, 6.07) is 9.29. The van der Waals surface area contributed by atoms with Gasteiger partial charge in [-0.05, 0) is 30.3 Å². The summed E-state index contributed by atoms with van der Waals surface area (Å²) in [6.07, 6.45) is 0. The minimum absolute atomic E-state index is 0.0753. The number of carbonyl (C=O) groups is 1. The van der Waals surface area contributed by atoms with Crippen LogP contribution in [-0.4, -0.2) is 20.3 Å². The molecule has 0 bridgehead atoms. The van der Waals surface area contributed by atoms with Crippen LogP contribution >= 0.6 is 23.2 Å². The fourth-order valence-electron chi connectivity index (χ4n) is 1.52. The maximum Gasteiger partial charge on any atom is 0.354 e. The number of hydrogen-bond donors (Lipinski definition) is 1. The Balaban J connectivity index is 2.21. The van der Waals surface area contributed by atoms with E-state index in [9.17, 15) is 9.00 Å². The Hall–Kier alpha value is -1.43. The molecule has 1 N–H and O–H groups in total. The second-order valence-electron chi connectivity index (χ2n) is 3.89. The fraction of sp³-hybridized carbons (Fsp3) is 0.0769. The van der Waals surface area contributed by atoms with E-state index in [1.165, 1.54) is 12.1 Å². The van der Waals surface area contributed by atoms with E-state index in [2.05, 4.69) is 4.98 Å². The highest BCUT2D eigenvalue weighted by atomic mass is 35.5. The van der Waals surface area contributed by atoms with Gasteiger partial charge in [-0.3, -0.25) is 4.21 Å². The normalized spacial score (nSPS) is 12.1. The van der Waals surface area contributed by atoms with Crippen molar-refractivity contribution in [1.82, 2.24) is 4.98 Å². The largest absolute Gasteiger partial charge is 0.477 e. The number of carboxylic acids is 1. The summed E-state index contributed by atoms with van der Waals surface area (Å²) in [5, 5.41) is 9.57. The molecular weight excluding hydrogens is 321 g/mol. The van der Waals surface area contributed by atoms with Gasteiger partial charge in [-0.1, -0.05) is 29.3 Å². The first-order chi connectivity index (χ1) is 9.47. The molecule has 0 fully saturated rings. The van der Waals surface area contributed by atoms with Crippen LogP contribution in [0.5, 0.6) is 0 Å². The number of rotatable bonds is 4. The zero-order valence-corrected chi connectivity index (χ0v) is 12.4. The number of hydrogen-bond acceptors (Lipinski definition) is 3. The number of aromatic carboxylic acids is 1. The van der Waals surface area contributed by atoms with E-state index in [0.717, 1.165) is 0 Å². The van der Waals surface area contributed by atoms with Crippen LogP contribution < -0.4 is 0 Å². The minimum Gasteiger partial charge on any atom is -0.477 e. The first kappa shape index (κ1) is 15.0. The van der Waals surface area contributed by atoms with Crippen molar-refractivity contribution in [3.8, 4) is 0 Å². The molecule has 0 aliphatic rings. The Kier molecular flexibility index (Phi) is 4.75. The van der Waals surface area contributed by atoms with Crippen molar-refractivity contribution in [3.05, 3.63) is 57.8 Å². The van der Waals surface area contributed by atoms with Crippen LogP contribution in [0.3, 0.4) is 0 Å². The van der Waals surface area contributed by atoms with E-state index in [4.69, 9.17) is 28.3 Å². The molecule has 0 radical (unpaired) electrons. The summed E-state index contributed by atoms with van der Waals surface area (Å²) < 4.78 is 12.2. The molecule has 20 heavy (non-hydrogen) atoms. The van der Waals surface area contributed by atoms with Gasteiger partial charge in [-0.25, -0.2) is 9.78 Å². The van der Waals surface area contributed by atoms with Crippen LogP contribution in [0.4, 0.5) is 0 Å². The Bertz CT molecular complexity index is 691. The predicted octanol–water partition coefficient (Wildman–Crippen LogP) is 3.39. The van der Waals surface area contributed by atoms with Gasteiger partial charge >= 0.3 is 5.97 Å². The molecule has 0 spiro atoms. The number of aromatic nitrogens is 1. The maximum absolute atomic E-state index is 12.2. The summed E-state index contributed by atoms with van der Waals surface area (Å²) in [5.74, 6) is -1.01. The number of benzene rings is 1. The number of pyridine rings is 1. The highest BCUT2D eigenvalue weighted by Crippen LogP contribution is 2.24. The van der Waals surface area contributed by atoms with Gasteiger partial charge < -0.3 is 5.11 Å². The lowest BCUT2D eigenvalue weighted by Gasteiger charge is -2.04. The first-order valence-corrected chi connectivity index (χ1v) is 7.57. The second-order valence-corrected chi connectivity index (χ2v) is 6.15. The van der Waals surface area contributed by atoms with Gasteiger partial charge in [-0.2, -0.15) is 0 Å². The summed E-state index contributed by atoms with van der Waals surface area (Å²) in [5.41, 5.74) is 0.364. The lowest BCUT2D eigenvalue weighted by molar-refractivity contribution is 0.0690. The molecule has 2 aromatic rings. The quantitative estimate of drug-likeness (QED) is 0.933. The molecule has 0 saturated carbocycles. The zero-order valence-electron chi connectivity index (χ0n) is 10.0. The van der Waals surface area contributed by atoms with Crippen LogP contribution in [0.1, 0.15) is 16.2 Å². The third-order valence-corrected chi connectivity index (χ3v) is 4.54. The minimum atomic E-state index is -1.37. The van der Waals surface area contributed by atoms with E-state index in [1.807, 2.05) is 0 Å². The number of halogens is 2. The molecule has 1 heterocycles. The molecule has 1 unspecified atom stereocenters. The van der Waals surface area contributed by atoms with Gasteiger partial charge in [0.1, 0.15) is 5.69 Å². The van der Waals surface area contributed by atoms with Crippen molar-refractivity contribution < 1.29 is 14.1 Å². The fourth-order valence-corrected chi connectivity index (χ4v) is 2.94. The maximum atomic E-state index is 12.2. The van der Waals surface area contributed by atoms with Crippen molar-refractivity contribution >= 4 is 40.0 Å². The first-order valence-electron chi connectivity index (χ1n) is 5.50. The highest BCUT2D eigenvalue weighted by Gasteiger charge is 2.10. The van der Waals surface area contributed by atoms with Crippen molar-refractivity contribution in [2.75, 3.05) is 0 Å². The second kappa shape index (κ2) is 6.35. The number of carboxylic acid groups (broad SMARTS) is 1. The summed E-state index contributed by atoms with van der Waals surface area (Å²) in [6.45, 7) is 0. The lowest BCUT2D eigenvalue weighted by Crippen LogP contribution is -2.05. The van der Waals surface area contributed by atoms with Gasteiger partial charge in [0.05, 0.1) is 32.3 Å². The molecular formula is C13H9Cl2NO3S. The van der Waals surface area contributed by atoms with Gasteiger partial charge in [-0.15, -0.1) is 0 Å². The van der Waals surface area contributed by atoms with Gasteiger partial charge in [0, 0.05) is 4.90 Å². The van der Waals surface area contributed by atoms with Gasteiger partial charge in [0.15, 0.2) is 0 Å². The molecule has 1 aromatic carbocycles. The molecule has 0 saturated heterocycles. The van der Waals surface area contributed by atoms with Crippen LogP contribution in [0, 0.1) is 0 Å². The molecule has 1 aromatic heterocycles. The Morgan fingerprint density at radius 1 is 1.20 bits per heavy atom. The monoisotopic (exact) mass is 329 g/mol. The molecule has 104 valence electrons. The van der Waals surface area contributed by atoms with Gasteiger partial charge in [0.25, 0.3) is 0 Å². The summed E-state index contributed by atoms with van der Waals surface area (Å²) in [7, 11) is -1.37. The van der Waals surface area contributed by atoms with E-state index >= 15 is 0 Å². The van der Waals surface area contributed by atoms with Crippen molar-refractivity contribution in [1.29, 1.82) is 0 Å². The Morgan fingerprint density at radius 2 is 1.95 bits per heavy atom. The molecule has 4 nitrogen and oxygen atoms in total. The Labute approximate surface area is 127 Å². The van der Waals surface area contributed by atoms with E-state index in [-0.39, 0.29) is 11.4 Å². The zero-order chi connectivity index (χ0) is 14.7. The van der Waals surface area contributed by atoms with Crippen LogP contribution in [0.25, 0.3) is 0 Å². The standard InChI is InChI=1S/C13H9Cl2NO3S/c14-10-5-4-9(6-11(10)15)20(19)7-8-2-1-3-12(16-8)13(17)18/h1-6H,7H2,(H,17,18). The molecule has 2 rings (SSSR count). The topological polar surface area (TPSA) is 67.3 Å². The molecule has 0 aliphatic carbocycles. The summed E-state index contributed by atoms with van der Waals surface area (Å²) in [4.78, 5) is 15.3. The van der Waals surface area contributed by atoms with Crippen molar-refractivity contribution in [3.63, 3.8) is 0 Å². The molecule has 1 atom stereocenters. The molecule has 0 aliphatic heterocycles. The summed E-state index contributed by atoms with van der Waals surface area (Å²) >= 11 is 11.7. The van der Waals surface area contributed by atoms with Crippen molar-refractivity contribution in [2.45, 2.75) is 10.6 Å². The smallest absolute Gasteiger partial charge is 0.354 e. The van der Waals surface area contributed by atoms with Crippen LogP contribution in [-0.2, 0) is 16.6 Å². The van der Waals surface area contributed by atoms with E-state index in [1.54, 1.807) is 24.3 Å². The Morgan fingerprint density at radius 3 is 2.60 bits per heavy atom. The lowest BCUT2D eigenvalue weighted by atomic mass is 10.3. The third-order valence-electron chi connectivity index (χ3n) is 2.46. The molecule has 7 heteroatoms. The third kappa shape index (κ3) is 3.56. The van der Waals surface area contributed by atoms with Crippen molar-refractivity contribution in [2.24, 2.45) is 0 Å². The average molecular weight is 330 g/mol. The van der Waals surface area contributed by atoms with Crippen LogP contribution in [0.15, 0.2) is 41.3 Å². The van der Waals surface area contributed by atoms with E-state index < -0.39 is 16.8 Å². The average Bonchev–Trinajstić information content (AvgIpc) is 2.42.